The molecule has 2 unspecified atom stereocenters. The first-order valence-electron chi connectivity index (χ1n) is 6.49. The predicted octanol–water partition coefficient (Wildman–Crippen LogP) is 2.98. The Labute approximate surface area is 128 Å². The Morgan fingerprint density at radius 2 is 2.35 bits per heavy atom. The summed E-state index contributed by atoms with van der Waals surface area (Å²) in [5.41, 5.74) is 0.654. The number of methoxy groups -OCH3 is 1. The Morgan fingerprint density at radius 3 is 2.95 bits per heavy atom. The van der Waals surface area contributed by atoms with Crippen molar-refractivity contribution in [2.24, 2.45) is 0 Å². The zero-order valence-electron chi connectivity index (χ0n) is 11.2. The molecule has 0 radical (unpaired) electrons. The molecule has 1 aromatic rings. The first-order chi connectivity index (χ1) is 9.61. The maximum absolute atomic E-state index is 11.9. The maximum Gasteiger partial charge on any atom is 0.327 e. The standard InChI is InChI=1S/C14H17Cl2NO3/c1-19-14(18)13(17-8-10-3-2-6-20-10)11-5-4-9(15)7-12(11)16/h4-5,7,10,13,17H,2-3,6,8H2,1H3. The lowest BCUT2D eigenvalue weighted by Gasteiger charge is -2.20. The number of esters is 1. The number of nitrogens with one attached hydrogen (secondary N) is 1. The fourth-order valence-corrected chi connectivity index (χ4v) is 2.75. The van der Waals surface area contributed by atoms with Crippen LogP contribution in [0.2, 0.25) is 10.0 Å². The van der Waals surface area contributed by atoms with Crippen molar-refractivity contribution in [3.63, 3.8) is 0 Å². The normalized spacial score (nSPS) is 19.9. The zero-order valence-corrected chi connectivity index (χ0v) is 12.7. The van der Waals surface area contributed by atoms with Gasteiger partial charge in [-0.3, -0.25) is 5.32 Å². The molecule has 0 saturated carbocycles. The minimum absolute atomic E-state index is 0.133. The summed E-state index contributed by atoms with van der Waals surface area (Å²) in [5, 5.41) is 4.13. The number of benzene rings is 1. The highest BCUT2D eigenvalue weighted by Gasteiger charge is 2.25. The van der Waals surface area contributed by atoms with Gasteiger partial charge >= 0.3 is 5.97 Å². The van der Waals surface area contributed by atoms with E-state index in [9.17, 15) is 4.79 Å². The number of halogens is 2. The van der Waals surface area contributed by atoms with E-state index in [4.69, 9.17) is 32.7 Å². The summed E-state index contributed by atoms with van der Waals surface area (Å²) < 4.78 is 10.4. The van der Waals surface area contributed by atoms with Crippen LogP contribution in [0.4, 0.5) is 0 Å². The van der Waals surface area contributed by atoms with Gasteiger partial charge < -0.3 is 9.47 Å². The molecular weight excluding hydrogens is 301 g/mol. The fraction of sp³-hybridized carbons (Fsp3) is 0.500. The van der Waals surface area contributed by atoms with Gasteiger partial charge in [0.25, 0.3) is 0 Å². The van der Waals surface area contributed by atoms with E-state index < -0.39 is 6.04 Å². The van der Waals surface area contributed by atoms with Crippen molar-refractivity contribution in [2.75, 3.05) is 20.3 Å². The SMILES string of the molecule is COC(=O)C(NCC1CCCO1)c1ccc(Cl)cc1Cl. The van der Waals surface area contributed by atoms with Crippen LogP contribution in [0, 0.1) is 0 Å². The summed E-state index contributed by atoms with van der Waals surface area (Å²) in [6, 6.07) is 4.43. The van der Waals surface area contributed by atoms with E-state index in [1.54, 1.807) is 18.2 Å². The monoisotopic (exact) mass is 317 g/mol. The van der Waals surface area contributed by atoms with Gasteiger partial charge in [-0.25, -0.2) is 4.79 Å². The molecule has 1 aromatic carbocycles. The van der Waals surface area contributed by atoms with Gasteiger partial charge in [0.1, 0.15) is 6.04 Å². The summed E-state index contributed by atoms with van der Waals surface area (Å²) >= 11 is 12.0. The third-order valence-corrected chi connectivity index (χ3v) is 3.85. The Morgan fingerprint density at radius 1 is 1.55 bits per heavy atom. The van der Waals surface area contributed by atoms with Crippen LogP contribution in [-0.2, 0) is 14.3 Å². The molecule has 1 aliphatic heterocycles. The molecule has 110 valence electrons. The average molecular weight is 318 g/mol. The van der Waals surface area contributed by atoms with Crippen LogP contribution in [0.1, 0.15) is 24.4 Å². The maximum atomic E-state index is 11.9. The molecule has 1 fully saturated rings. The summed E-state index contributed by atoms with van der Waals surface area (Å²) in [6.45, 7) is 1.36. The van der Waals surface area contributed by atoms with Crippen molar-refractivity contribution in [3.05, 3.63) is 33.8 Å². The highest BCUT2D eigenvalue weighted by atomic mass is 35.5. The van der Waals surface area contributed by atoms with E-state index in [0.29, 0.717) is 22.2 Å². The molecule has 2 atom stereocenters. The van der Waals surface area contributed by atoms with Gasteiger partial charge in [0.05, 0.1) is 13.2 Å². The number of carbonyl (C=O) groups is 1. The molecule has 1 saturated heterocycles. The quantitative estimate of drug-likeness (QED) is 0.848. The van der Waals surface area contributed by atoms with Gasteiger partial charge in [-0.2, -0.15) is 0 Å². The molecule has 0 aromatic heterocycles. The van der Waals surface area contributed by atoms with Gasteiger partial charge in [0.15, 0.2) is 0 Å². The largest absolute Gasteiger partial charge is 0.468 e. The number of hydrogen-bond acceptors (Lipinski definition) is 4. The predicted molar refractivity (Wildman–Crippen MR) is 78.2 cm³/mol. The van der Waals surface area contributed by atoms with Crippen LogP contribution in [0.5, 0.6) is 0 Å². The van der Waals surface area contributed by atoms with Gasteiger partial charge in [-0.1, -0.05) is 29.3 Å². The lowest BCUT2D eigenvalue weighted by Crippen LogP contribution is -2.35. The summed E-state index contributed by atoms with van der Waals surface area (Å²) in [7, 11) is 1.35. The summed E-state index contributed by atoms with van der Waals surface area (Å²) in [4.78, 5) is 11.9. The topological polar surface area (TPSA) is 47.6 Å². The molecule has 0 bridgehead atoms. The van der Waals surface area contributed by atoms with E-state index in [-0.39, 0.29) is 12.1 Å². The number of ether oxygens (including phenoxy) is 2. The number of hydrogen-bond donors (Lipinski definition) is 1. The third-order valence-electron chi connectivity index (χ3n) is 3.28. The molecule has 4 nitrogen and oxygen atoms in total. The van der Waals surface area contributed by atoms with Crippen molar-refractivity contribution in [3.8, 4) is 0 Å². The average Bonchev–Trinajstić information content (AvgIpc) is 2.93. The molecule has 1 aliphatic rings. The highest BCUT2D eigenvalue weighted by Crippen LogP contribution is 2.27. The zero-order chi connectivity index (χ0) is 14.5. The molecule has 6 heteroatoms. The molecule has 0 amide bonds. The molecular formula is C14H17Cl2NO3. The number of carbonyl (C=O) groups excluding carboxylic acids is 1. The third kappa shape index (κ3) is 3.85. The van der Waals surface area contributed by atoms with Crippen LogP contribution >= 0.6 is 23.2 Å². The van der Waals surface area contributed by atoms with Gasteiger partial charge in [0.2, 0.25) is 0 Å². The van der Waals surface area contributed by atoms with Crippen molar-refractivity contribution in [1.82, 2.24) is 5.32 Å². The van der Waals surface area contributed by atoms with Crippen molar-refractivity contribution in [1.29, 1.82) is 0 Å². The molecule has 20 heavy (non-hydrogen) atoms. The highest BCUT2D eigenvalue weighted by molar-refractivity contribution is 6.35. The second-order valence-electron chi connectivity index (χ2n) is 4.67. The van der Waals surface area contributed by atoms with E-state index in [1.165, 1.54) is 7.11 Å². The molecule has 1 N–H and O–H groups in total. The van der Waals surface area contributed by atoms with Crippen molar-refractivity contribution >= 4 is 29.2 Å². The Hall–Kier alpha value is -0.810. The van der Waals surface area contributed by atoms with E-state index in [2.05, 4.69) is 5.32 Å². The van der Waals surface area contributed by atoms with E-state index >= 15 is 0 Å². The summed E-state index contributed by atoms with van der Waals surface area (Å²) in [5.74, 6) is -0.382. The Balaban J connectivity index is 2.11. The Bertz CT molecular complexity index is 475. The van der Waals surface area contributed by atoms with Crippen LogP contribution in [0.3, 0.4) is 0 Å². The summed E-state index contributed by atoms with van der Waals surface area (Å²) in [6.07, 6.45) is 2.18. The first-order valence-corrected chi connectivity index (χ1v) is 7.25. The van der Waals surface area contributed by atoms with Gasteiger partial charge in [0, 0.05) is 23.2 Å². The molecule has 1 heterocycles. The molecule has 0 spiro atoms. The van der Waals surface area contributed by atoms with Crippen molar-refractivity contribution in [2.45, 2.75) is 25.0 Å². The lowest BCUT2D eigenvalue weighted by atomic mass is 10.1. The van der Waals surface area contributed by atoms with Gasteiger partial charge in [-0.05, 0) is 30.5 Å². The van der Waals surface area contributed by atoms with Crippen LogP contribution in [-0.4, -0.2) is 32.3 Å². The molecule has 2 rings (SSSR count). The first kappa shape index (κ1) is 15.6. The van der Waals surface area contributed by atoms with Gasteiger partial charge in [-0.15, -0.1) is 0 Å². The Kier molecular flexibility index (Phi) is 5.66. The lowest BCUT2D eigenvalue weighted by molar-refractivity contribution is -0.143. The minimum atomic E-state index is -0.617. The van der Waals surface area contributed by atoms with Crippen LogP contribution in [0.25, 0.3) is 0 Å². The minimum Gasteiger partial charge on any atom is -0.468 e. The van der Waals surface area contributed by atoms with Crippen molar-refractivity contribution < 1.29 is 14.3 Å². The molecule has 0 aliphatic carbocycles. The van der Waals surface area contributed by atoms with E-state index in [0.717, 1.165) is 19.4 Å². The second-order valence-corrected chi connectivity index (χ2v) is 5.51. The smallest absolute Gasteiger partial charge is 0.327 e. The van der Waals surface area contributed by atoms with Crippen LogP contribution in [0.15, 0.2) is 18.2 Å². The van der Waals surface area contributed by atoms with E-state index in [1.807, 2.05) is 0 Å². The second kappa shape index (κ2) is 7.27. The fourth-order valence-electron chi connectivity index (χ4n) is 2.23. The van der Waals surface area contributed by atoms with Crippen LogP contribution < -0.4 is 5.32 Å². The number of rotatable bonds is 5.